The number of benzene rings is 2. The third-order valence-corrected chi connectivity index (χ3v) is 5.05. The maximum atomic E-state index is 13.9. The number of hydrogen-bond acceptors (Lipinski definition) is 4. The van der Waals surface area contributed by atoms with Crippen LogP contribution in [0.2, 0.25) is 5.02 Å². The predicted octanol–water partition coefficient (Wildman–Crippen LogP) is 4.82. The Morgan fingerprint density at radius 1 is 1.14 bits per heavy atom. The van der Waals surface area contributed by atoms with Crippen molar-refractivity contribution in [2.45, 2.75) is 51.4 Å². The summed E-state index contributed by atoms with van der Waals surface area (Å²) in [5.74, 6) is -1.97. The van der Waals surface area contributed by atoms with Gasteiger partial charge in [-0.3, -0.25) is 0 Å². The van der Waals surface area contributed by atoms with Crippen molar-refractivity contribution in [1.29, 1.82) is 0 Å². The van der Waals surface area contributed by atoms with Crippen LogP contribution in [0.3, 0.4) is 0 Å². The lowest BCUT2D eigenvalue weighted by molar-refractivity contribution is -0.113. The van der Waals surface area contributed by atoms with Crippen LogP contribution in [0.4, 0.5) is 8.78 Å². The van der Waals surface area contributed by atoms with Gasteiger partial charge in [0.15, 0.2) is 17.4 Å². The van der Waals surface area contributed by atoms with E-state index in [9.17, 15) is 19.0 Å². The molecule has 160 valence electrons. The van der Waals surface area contributed by atoms with E-state index in [4.69, 9.17) is 21.1 Å². The van der Waals surface area contributed by atoms with E-state index in [1.165, 1.54) is 19.2 Å². The normalized spacial score (nSPS) is 21.3. The third-order valence-electron chi connectivity index (χ3n) is 4.68. The number of methoxy groups -OCH3 is 1. The smallest absolute Gasteiger partial charge is 0.190 e. The Kier molecular flexibility index (Phi) is 8.83. The van der Waals surface area contributed by atoms with E-state index in [-0.39, 0.29) is 19.1 Å². The average Bonchev–Trinajstić information content (AvgIpc) is 2.70. The number of aliphatic hydroxyl groups excluding tert-OH is 2. The quantitative estimate of drug-likeness (QED) is 0.717. The molecule has 3 atom stereocenters. The lowest BCUT2D eigenvalue weighted by Crippen LogP contribution is -2.33. The van der Waals surface area contributed by atoms with Gasteiger partial charge >= 0.3 is 0 Å². The zero-order chi connectivity index (χ0) is 21.6. The van der Waals surface area contributed by atoms with Crippen molar-refractivity contribution in [2.75, 3.05) is 13.7 Å². The summed E-state index contributed by atoms with van der Waals surface area (Å²) in [6, 6.07) is 7.72. The molecule has 2 N–H and O–H groups in total. The summed E-state index contributed by atoms with van der Waals surface area (Å²) in [5, 5.41) is 19.8. The van der Waals surface area contributed by atoms with Crippen LogP contribution in [-0.2, 0) is 11.2 Å². The molecular weight excluding hydrogens is 402 g/mol. The second-order valence-corrected chi connectivity index (χ2v) is 7.08. The molecule has 7 heteroatoms. The van der Waals surface area contributed by atoms with Crippen LogP contribution in [0.15, 0.2) is 30.3 Å². The summed E-state index contributed by atoms with van der Waals surface area (Å²) in [6.07, 6.45) is -0.358. The van der Waals surface area contributed by atoms with E-state index in [0.717, 1.165) is 5.56 Å². The molecule has 0 bridgehead atoms. The Bertz CT molecular complexity index is 792. The van der Waals surface area contributed by atoms with E-state index >= 15 is 0 Å². The van der Waals surface area contributed by atoms with Gasteiger partial charge in [-0.25, -0.2) is 8.78 Å². The fourth-order valence-electron chi connectivity index (χ4n) is 3.38. The Morgan fingerprint density at radius 3 is 2.38 bits per heavy atom. The second kappa shape index (κ2) is 10.9. The summed E-state index contributed by atoms with van der Waals surface area (Å²) in [4.78, 5) is 0. The number of ether oxygens (including phenoxy) is 2. The van der Waals surface area contributed by atoms with Gasteiger partial charge in [0.1, 0.15) is 0 Å². The fourth-order valence-corrected chi connectivity index (χ4v) is 3.57. The van der Waals surface area contributed by atoms with Crippen molar-refractivity contribution < 1.29 is 28.5 Å². The molecule has 1 aliphatic heterocycles. The lowest BCUT2D eigenvalue weighted by Gasteiger charge is -2.32. The molecule has 2 aromatic rings. The summed E-state index contributed by atoms with van der Waals surface area (Å²) in [6.45, 7) is 3.83. The van der Waals surface area contributed by atoms with Gasteiger partial charge < -0.3 is 19.7 Å². The van der Waals surface area contributed by atoms with E-state index in [0.29, 0.717) is 29.0 Å². The summed E-state index contributed by atoms with van der Waals surface area (Å²) in [5.41, 5.74) is 1.89. The SMILES string of the molecule is CC.COc1c(F)cc(Cc2cc(C3CC(O)CC(CO)O3)ccc2Cl)cc1F. The molecular formula is C22H27ClF2O4. The van der Waals surface area contributed by atoms with Gasteiger partial charge in [-0.2, -0.15) is 0 Å². The molecule has 1 fully saturated rings. The highest BCUT2D eigenvalue weighted by Crippen LogP contribution is 2.34. The number of rotatable bonds is 5. The highest BCUT2D eigenvalue weighted by Gasteiger charge is 2.29. The predicted molar refractivity (Wildman–Crippen MR) is 108 cm³/mol. The first-order valence-corrected chi connectivity index (χ1v) is 10.0. The Hall–Kier alpha value is -1.73. The summed E-state index contributed by atoms with van der Waals surface area (Å²) >= 11 is 6.27. The molecule has 0 saturated carbocycles. The van der Waals surface area contributed by atoms with Crippen LogP contribution >= 0.6 is 11.6 Å². The maximum Gasteiger partial charge on any atom is 0.190 e. The molecule has 0 aliphatic carbocycles. The van der Waals surface area contributed by atoms with Gasteiger partial charge in [-0.1, -0.05) is 37.6 Å². The van der Waals surface area contributed by atoms with Crippen LogP contribution in [0.25, 0.3) is 0 Å². The molecule has 1 aliphatic rings. The van der Waals surface area contributed by atoms with Gasteiger partial charge in [0.25, 0.3) is 0 Å². The molecule has 0 radical (unpaired) electrons. The minimum Gasteiger partial charge on any atom is -0.491 e. The van der Waals surface area contributed by atoms with Gasteiger partial charge in [0, 0.05) is 17.9 Å². The average molecular weight is 429 g/mol. The highest BCUT2D eigenvalue weighted by atomic mass is 35.5. The fraction of sp³-hybridized carbons (Fsp3) is 0.455. The van der Waals surface area contributed by atoms with E-state index in [2.05, 4.69) is 0 Å². The summed E-state index contributed by atoms with van der Waals surface area (Å²) in [7, 11) is 1.21. The van der Waals surface area contributed by atoms with Gasteiger partial charge in [-0.05, 0) is 41.3 Å². The van der Waals surface area contributed by atoms with Crippen molar-refractivity contribution in [3.05, 3.63) is 63.7 Å². The first-order chi connectivity index (χ1) is 13.9. The zero-order valence-corrected chi connectivity index (χ0v) is 17.5. The van der Waals surface area contributed by atoms with Crippen LogP contribution in [0, 0.1) is 11.6 Å². The number of aliphatic hydroxyl groups is 2. The molecule has 3 rings (SSSR count). The topological polar surface area (TPSA) is 58.9 Å². The van der Waals surface area contributed by atoms with Gasteiger partial charge in [-0.15, -0.1) is 0 Å². The largest absolute Gasteiger partial charge is 0.491 e. The number of hydrogen-bond donors (Lipinski definition) is 2. The maximum absolute atomic E-state index is 13.9. The zero-order valence-electron chi connectivity index (χ0n) is 16.8. The molecule has 4 nitrogen and oxygen atoms in total. The van der Waals surface area contributed by atoms with Crippen LogP contribution < -0.4 is 4.74 Å². The van der Waals surface area contributed by atoms with Crippen LogP contribution in [-0.4, -0.2) is 36.1 Å². The van der Waals surface area contributed by atoms with Crippen molar-refractivity contribution in [3.8, 4) is 5.75 Å². The first-order valence-electron chi connectivity index (χ1n) is 9.65. The van der Waals surface area contributed by atoms with E-state index < -0.39 is 29.6 Å². The van der Waals surface area contributed by atoms with Crippen LogP contribution in [0.5, 0.6) is 5.75 Å². The molecule has 29 heavy (non-hydrogen) atoms. The van der Waals surface area contributed by atoms with Gasteiger partial charge in [0.2, 0.25) is 0 Å². The van der Waals surface area contributed by atoms with Crippen molar-refractivity contribution in [3.63, 3.8) is 0 Å². The van der Waals surface area contributed by atoms with Crippen molar-refractivity contribution in [1.82, 2.24) is 0 Å². The molecule has 2 aromatic carbocycles. The van der Waals surface area contributed by atoms with E-state index in [1.807, 2.05) is 13.8 Å². The minimum atomic E-state index is -0.774. The lowest BCUT2D eigenvalue weighted by atomic mass is 9.94. The standard InChI is InChI=1S/C20H21ClF2O4.C2H6/c1-26-20-17(22)5-11(6-18(20)23)4-13-7-12(2-3-16(13)21)19-9-14(25)8-15(10-24)27-19;1-2/h2-3,5-7,14-15,19,24-25H,4,8-10H2,1H3;1-2H3. The minimum absolute atomic E-state index is 0.168. The number of halogens is 3. The van der Waals surface area contributed by atoms with Crippen LogP contribution in [0.1, 0.15) is 49.5 Å². The Morgan fingerprint density at radius 2 is 1.79 bits per heavy atom. The van der Waals surface area contributed by atoms with Crippen molar-refractivity contribution in [2.24, 2.45) is 0 Å². The Balaban J connectivity index is 0.00000145. The molecule has 3 unspecified atom stereocenters. The monoisotopic (exact) mass is 428 g/mol. The second-order valence-electron chi connectivity index (χ2n) is 6.67. The Labute approximate surface area is 175 Å². The molecule has 1 saturated heterocycles. The molecule has 1 heterocycles. The van der Waals surface area contributed by atoms with Crippen molar-refractivity contribution >= 4 is 11.6 Å². The summed E-state index contributed by atoms with van der Waals surface area (Å²) < 4.78 is 38.4. The molecule has 0 amide bonds. The molecule has 0 spiro atoms. The molecule has 0 aromatic heterocycles. The van der Waals surface area contributed by atoms with E-state index in [1.54, 1.807) is 18.2 Å². The van der Waals surface area contributed by atoms with Gasteiger partial charge in [0.05, 0.1) is 32.0 Å². The third kappa shape index (κ3) is 5.89. The first kappa shape index (κ1) is 23.5. The highest BCUT2D eigenvalue weighted by molar-refractivity contribution is 6.31.